The number of amides is 1. The summed E-state index contributed by atoms with van der Waals surface area (Å²) in [4.78, 5) is 12.2. The quantitative estimate of drug-likeness (QED) is 0.715. The van der Waals surface area contributed by atoms with Crippen molar-refractivity contribution in [1.82, 2.24) is 5.32 Å². The van der Waals surface area contributed by atoms with Gasteiger partial charge in [-0.2, -0.15) is 0 Å². The highest BCUT2D eigenvalue weighted by molar-refractivity contribution is 5.96. The number of para-hydroxylation sites is 2. The molecule has 1 amide bonds. The predicted octanol–water partition coefficient (Wildman–Crippen LogP) is 2.25. The van der Waals surface area contributed by atoms with Crippen LogP contribution in [0.2, 0.25) is 0 Å². The van der Waals surface area contributed by atoms with E-state index in [2.05, 4.69) is 10.6 Å². The van der Waals surface area contributed by atoms with Gasteiger partial charge in [-0.05, 0) is 37.3 Å². The van der Waals surface area contributed by atoms with Crippen molar-refractivity contribution < 1.29 is 9.90 Å². The van der Waals surface area contributed by atoms with Gasteiger partial charge in [0.1, 0.15) is 5.75 Å². The van der Waals surface area contributed by atoms with Crippen LogP contribution in [0.25, 0.3) is 0 Å². The molecule has 0 unspecified atom stereocenters. The van der Waals surface area contributed by atoms with E-state index in [9.17, 15) is 9.90 Å². The van der Waals surface area contributed by atoms with Gasteiger partial charge in [0.2, 0.25) is 5.91 Å². The van der Waals surface area contributed by atoms with Crippen molar-refractivity contribution >= 4 is 11.6 Å². The largest absolute Gasteiger partial charge is 0.506 e. The molecule has 0 spiro atoms. The molecule has 4 heteroatoms. The van der Waals surface area contributed by atoms with Crippen LogP contribution < -0.4 is 10.6 Å². The van der Waals surface area contributed by atoms with Crippen molar-refractivity contribution in [3.63, 3.8) is 0 Å². The zero-order chi connectivity index (χ0) is 13.2. The normalized spacial score (nSPS) is 29.8. The number of anilines is 1. The molecular weight excluding hydrogens is 240 g/mol. The zero-order valence-corrected chi connectivity index (χ0v) is 10.9. The molecule has 1 saturated carbocycles. The molecule has 0 radical (unpaired) electrons. The van der Waals surface area contributed by atoms with Crippen molar-refractivity contribution in [3.8, 4) is 5.75 Å². The van der Waals surface area contributed by atoms with Gasteiger partial charge in [0.25, 0.3) is 0 Å². The lowest BCUT2D eigenvalue weighted by molar-refractivity contribution is -0.117. The Morgan fingerprint density at radius 3 is 2.84 bits per heavy atom. The Balaban J connectivity index is 1.64. The molecule has 102 valence electrons. The van der Waals surface area contributed by atoms with Crippen molar-refractivity contribution in [3.05, 3.63) is 24.3 Å². The van der Waals surface area contributed by atoms with Crippen LogP contribution in [0.4, 0.5) is 5.69 Å². The molecule has 3 atom stereocenters. The molecule has 1 saturated heterocycles. The molecule has 4 nitrogen and oxygen atoms in total. The lowest BCUT2D eigenvalue weighted by Gasteiger charge is -2.24. The topological polar surface area (TPSA) is 61.4 Å². The molecule has 0 aromatic heterocycles. The Hall–Kier alpha value is -1.55. The number of phenols is 1. The van der Waals surface area contributed by atoms with Gasteiger partial charge in [0.05, 0.1) is 11.7 Å². The fourth-order valence-corrected chi connectivity index (χ4v) is 3.32. The SMILES string of the molecule is O=C(Nc1ccccc1O)[C@@H]1C[C@@H]2CCCC[C@@H]2N1. The monoisotopic (exact) mass is 260 g/mol. The van der Waals surface area contributed by atoms with E-state index >= 15 is 0 Å². The van der Waals surface area contributed by atoms with Crippen molar-refractivity contribution in [2.45, 2.75) is 44.2 Å². The number of nitrogens with one attached hydrogen (secondary N) is 2. The number of phenolic OH excluding ortho intramolecular Hbond substituents is 1. The number of carbonyl (C=O) groups is 1. The summed E-state index contributed by atoms with van der Waals surface area (Å²) in [5.41, 5.74) is 0.490. The summed E-state index contributed by atoms with van der Waals surface area (Å²) in [5.74, 6) is 0.732. The van der Waals surface area contributed by atoms with E-state index in [1.54, 1.807) is 24.3 Å². The standard InChI is InChI=1S/C15H20N2O2/c18-14-8-4-3-7-12(14)17-15(19)13-9-10-5-1-2-6-11(10)16-13/h3-4,7-8,10-11,13,16,18H,1-2,5-6,9H2,(H,17,19)/t10-,11-,13-/m0/s1. The molecule has 2 aliphatic rings. The van der Waals surface area contributed by atoms with Crippen LogP contribution in [-0.2, 0) is 4.79 Å². The second-order valence-corrected chi connectivity index (χ2v) is 5.61. The highest BCUT2D eigenvalue weighted by Crippen LogP contribution is 2.33. The lowest BCUT2D eigenvalue weighted by atomic mass is 9.85. The highest BCUT2D eigenvalue weighted by Gasteiger charge is 2.38. The van der Waals surface area contributed by atoms with E-state index in [-0.39, 0.29) is 17.7 Å². The predicted molar refractivity (Wildman–Crippen MR) is 74.0 cm³/mol. The molecule has 1 heterocycles. The van der Waals surface area contributed by atoms with Gasteiger partial charge in [-0.1, -0.05) is 25.0 Å². The minimum atomic E-state index is -0.118. The molecule has 1 aromatic carbocycles. The van der Waals surface area contributed by atoms with E-state index in [0.29, 0.717) is 17.6 Å². The van der Waals surface area contributed by atoms with E-state index in [4.69, 9.17) is 0 Å². The van der Waals surface area contributed by atoms with Gasteiger partial charge in [0.15, 0.2) is 0 Å². The maximum Gasteiger partial charge on any atom is 0.241 e. The molecule has 1 aliphatic carbocycles. The summed E-state index contributed by atoms with van der Waals surface area (Å²) >= 11 is 0. The fourth-order valence-electron chi connectivity index (χ4n) is 3.32. The number of hydrogen-bond acceptors (Lipinski definition) is 3. The molecule has 0 bridgehead atoms. The van der Waals surface area contributed by atoms with Crippen molar-refractivity contribution in [2.24, 2.45) is 5.92 Å². The molecule has 3 rings (SSSR count). The Bertz CT molecular complexity index is 461. The van der Waals surface area contributed by atoms with Gasteiger partial charge >= 0.3 is 0 Å². The molecular formula is C15H20N2O2. The van der Waals surface area contributed by atoms with Crippen LogP contribution >= 0.6 is 0 Å². The molecule has 1 aliphatic heterocycles. The molecule has 3 N–H and O–H groups in total. The summed E-state index contributed by atoms with van der Waals surface area (Å²) in [6.45, 7) is 0. The van der Waals surface area contributed by atoms with Crippen LogP contribution in [-0.4, -0.2) is 23.1 Å². The average molecular weight is 260 g/mol. The third kappa shape index (κ3) is 2.59. The summed E-state index contributed by atoms with van der Waals surface area (Å²) in [6, 6.07) is 7.23. The summed E-state index contributed by atoms with van der Waals surface area (Å²) in [7, 11) is 0. The van der Waals surface area contributed by atoms with E-state index in [0.717, 1.165) is 6.42 Å². The molecule has 2 fully saturated rings. The van der Waals surface area contributed by atoms with Gasteiger partial charge in [-0.3, -0.25) is 4.79 Å². The van der Waals surface area contributed by atoms with Gasteiger partial charge < -0.3 is 15.7 Å². The summed E-state index contributed by atoms with van der Waals surface area (Å²) < 4.78 is 0. The third-order valence-corrected chi connectivity index (χ3v) is 4.34. The van der Waals surface area contributed by atoms with Gasteiger partial charge in [-0.15, -0.1) is 0 Å². The van der Waals surface area contributed by atoms with Crippen LogP contribution in [0.3, 0.4) is 0 Å². The first-order valence-electron chi connectivity index (χ1n) is 7.09. The second-order valence-electron chi connectivity index (χ2n) is 5.61. The Morgan fingerprint density at radius 2 is 2.05 bits per heavy atom. The number of carbonyl (C=O) groups excluding carboxylic acids is 1. The average Bonchev–Trinajstić information content (AvgIpc) is 2.85. The lowest BCUT2D eigenvalue weighted by Crippen LogP contribution is -2.39. The Labute approximate surface area is 113 Å². The first-order chi connectivity index (χ1) is 9.24. The van der Waals surface area contributed by atoms with E-state index in [1.807, 2.05) is 0 Å². The zero-order valence-electron chi connectivity index (χ0n) is 10.9. The maximum absolute atomic E-state index is 12.2. The van der Waals surface area contributed by atoms with Gasteiger partial charge in [-0.25, -0.2) is 0 Å². The van der Waals surface area contributed by atoms with E-state index in [1.165, 1.54) is 25.7 Å². The number of aromatic hydroxyl groups is 1. The van der Waals surface area contributed by atoms with Crippen LogP contribution in [0.5, 0.6) is 5.75 Å². The second kappa shape index (κ2) is 5.21. The third-order valence-electron chi connectivity index (χ3n) is 4.34. The minimum absolute atomic E-state index is 0.0316. The van der Waals surface area contributed by atoms with Gasteiger partial charge in [0, 0.05) is 6.04 Å². The highest BCUT2D eigenvalue weighted by atomic mass is 16.3. The van der Waals surface area contributed by atoms with E-state index < -0.39 is 0 Å². The molecule has 19 heavy (non-hydrogen) atoms. The first-order valence-corrected chi connectivity index (χ1v) is 7.09. The van der Waals surface area contributed by atoms with Crippen LogP contribution in [0, 0.1) is 5.92 Å². The number of hydrogen-bond donors (Lipinski definition) is 3. The Kier molecular flexibility index (Phi) is 3.42. The van der Waals surface area contributed by atoms with Crippen LogP contribution in [0.15, 0.2) is 24.3 Å². The number of fused-ring (bicyclic) bond motifs is 1. The summed E-state index contributed by atoms with van der Waals surface area (Å²) in [6.07, 6.45) is 5.89. The smallest absolute Gasteiger partial charge is 0.241 e. The summed E-state index contributed by atoms with van der Waals surface area (Å²) in [5, 5.41) is 15.9. The number of benzene rings is 1. The fraction of sp³-hybridized carbons (Fsp3) is 0.533. The maximum atomic E-state index is 12.2. The molecule has 1 aromatic rings. The Morgan fingerprint density at radius 1 is 1.26 bits per heavy atom. The van der Waals surface area contributed by atoms with Crippen molar-refractivity contribution in [1.29, 1.82) is 0 Å². The first kappa shape index (κ1) is 12.5. The van der Waals surface area contributed by atoms with Crippen molar-refractivity contribution in [2.75, 3.05) is 5.32 Å². The van der Waals surface area contributed by atoms with Crippen LogP contribution in [0.1, 0.15) is 32.1 Å². The number of rotatable bonds is 2. The minimum Gasteiger partial charge on any atom is -0.506 e.